The molecule has 0 fully saturated rings. The molecule has 0 N–H and O–H groups in total. The largest absolute Gasteiger partial charge is 0.458 e. The second kappa shape index (κ2) is 4.41. The van der Waals surface area contributed by atoms with Gasteiger partial charge in [-0.2, -0.15) is 0 Å². The van der Waals surface area contributed by atoms with E-state index in [0.717, 1.165) is 5.13 Å². The number of aromatic nitrogens is 1. The van der Waals surface area contributed by atoms with Crippen molar-refractivity contribution in [2.24, 2.45) is 0 Å². The van der Waals surface area contributed by atoms with Crippen LogP contribution in [0.2, 0.25) is 0 Å². The summed E-state index contributed by atoms with van der Waals surface area (Å²) >= 11 is 1.43. The van der Waals surface area contributed by atoms with Crippen molar-refractivity contribution in [1.82, 2.24) is 4.98 Å². The smallest absolute Gasteiger partial charge is 0.358 e. The van der Waals surface area contributed by atoms with Crippen LogP contribution < -0.4 is 4.90 Å². The fraction of sp³-hybridized carbons (Fsp3) is 0.556. The number of rotatable bonds is 3. The van der Waals surface area contributed by atoms with Crippen LogP contribution in [0.15, 0.2) is 5.38 Å². The van der Waals surface area contributed by atoms with E-state index in [2.05, 4.69) is 4.98 Å². The zero-order valence-electron chi connectivity index (χ0n) is 8.77. The van der Waals surface area contributed by atoms with E-state index in [9.17, 15) is 4.79 Å². The molecular formula is C9H14N2O2S. The fourth-order valence-corrected chi connectivity index (χ4v) is 1.57. The number of carbonyl (C=O) groups is 1. The lowest BCUT2D eigenvalue weighted by Crippen LogP contribution is -2.13. The van der Waals surface area contributed by atoms with Crippen molar-refractivity contribution in [2.45, 2.75) is 20.0 Å². The van der Waals surface area contributed by atoms with Crippen molar-refractivity contribution in [1.29, 1.82) is 0 Å². The van der Waals surface area contributed by atoms with E-state index in [1.54, 1.807) is 5.38 Å². The summed E-state index contributed by atoms with van der Waals surface area (Å²) in [6.45, 7) is 3.63. The number of nitrogens with zero attached hydrogens (tertiary/aromatic N) is 2. The Bertz CT molecular complexity index is 320. The minimum Gasteiger partial charge on any atom is -0.458 e. The lowest BCUT2D eigenvalue weighted by Gasteiger charge is -2.06. The molecule has 4 nitrogen and oxygen atoms in total. The first-order valence-electron chi connectivity index (χ1n) is 4.34. The zero-order chi connectivity index (χ0) is 10.7. The summed E-state index contributed by atoms with van der Waals surface area (Å²) in [4.78, 5) is 17.4. The quantitative estimate of drug-likeness (QED) is 0.719. The summed E-state index contributed by atoms with van der Waals surface area (Å²) in [5, 5.41) is 2.51. The second-order valence-electron chi connectivity index (χ2n) is 3.36. The minimum absolute atomic E-state index is 0.105. The van der Waals surface area contributed by atoms with E-state index in [4.69, 9.17) is 4.74 Å². The molecule has 1 aromatic rings. The number of hydrogen-bond donors (Lipinski definition) is 0. The monoisotopic (exact) mass is 214 g/mol. The third-order valence-corrected chi connectivity index (χ3v) is 2.43. The maximum atomic E-state index is 11.4. The van der Waals surface area contributed by atoms with Crippen molar-refractivity contribution >= 4 is 22.4 Å². The number of esters is 1. The Kier molecular flexibility index (Phi) is 3.46. The molecule has 0 bridgehead atoms. The molecule has 0 aliphatic rings. The van der Waals surface area contributed by atoms with Crippen LogP contribution in [0.3, 0.4) is 0 Å². The van der Waals surface area contributed by atoms with Crippen LogP contribution in [-0.4, -0.2) is 31.2 Å². The molecule has 0 amide bonds. The van der Waals surface area contributed by atoms with Crippen LogP contribution in [0.4, 0.5) is 5.13 Å². The Balaban J connectivity index is 2.71. The van der Waals surface area contributed by atoms with Crippen molar-refractivity contribution < 1.29 is 9.53 Å². The van der Waals surface area contributed by atoms with Crippen molar-refractivity contribution in [2.75, 3.05) is 19.0 Å². The van der Waals surface area contributed by atoms with Gasteiger partial charge in [0.2, 0.25) is 0 Å². The van der Waals surface area contributed by atoms with Gasteiger partial charge in [-0.25, -0.2) is 9.78 Å². The summed E-state index contributed by atoms with van der Waals surface area (Å²) < 4.78 is 5.02. The molecule has 0 aliphatic heterocycles. The predicted molar refractivity (Wildman–Crippen MR) is 57.0 cm³/mol. The van der Waals surface area contributed by atoms with Gasteiger partial charge in [-0.3, -0.25) is 0 Å². The van der Waals surface area contributed by atoms with Crippen LogP contribution in [0, 0.1) is 0 Å². The number of thiazole rings is 1. The number of hydrogen-bond acceptors (Lipinski definition) is 5. The zero-order valence-corrected chi connectivity index (χ0v) is 9.59. The van der Waals surface area contributed by atoms with E-state index < -0.39 is 0 Å². The van der Waals surface area contributed by atoms with E-state index in [1.165, 1.54) is 11.3 Å². The Morgan fingerprint density at radius 3 is 2.64 bits per heavy atom. The average molecular weight is 214 g/mol. The summed E-state index contributed by atoms with van der Waals surface area (Å²) in [6.07, 6.45) is -0.105. The Morgan fingerprint density at radius 2 is 2.21 bits per heavy atom. The second-order valence-corrected chi connectivity index (χ2v) is 4.20. The van der Waals surface area contributed by atoms with Gasteiger partial charge in [0.15, 0.2) is 10.8 Å². The number of anilines is 1. The molecule has 0 unspecified atom stereocenters. The van der Waals surface area contributed by atoms with Crippen molar-refractivity contribution in [3.8, 4) is 0 Å². The molecule has 1 aromatic heterocycles. The standard InChI is InChI=1S/C9H14N2O2S/c1-6(2)13-8(12)7-5-14-9(10-7)11(3)4/h5-6H,1-4H3. The molecule has 0 radical (unpaired) electrons. The van der Waals surface area contributed by atoms with Crippen molar-refractivity contribution in [3.63, 3.8) is 0 Å². The van der Waals surface area contributed by atoms with Crippen molar-refractivity contribution in [3.05, 3.63) is 11.1 Å². The minimum atomic E-state index is -0.357. The summed E-state index contributed by atoms with van der Waals surface area (Å²) in [5.74, 6) is -0.357. The highest BCUT2D eigenvalue weighted by molar-refractivity contribution is 7.13. The van der Waals surface area contributed by atoms with E-state index in [0.29, 0.717) is 5.69 Å². The molecule has 0 saturated heterocycles. The molecule has 1 rings (SSSR count). The third kappa shape index (κ3) is 2.70. The Labute approximate surface area is 87.5 Å². The van der Waals surface area contributed by atoms with Crippen LogP contribution in [0.25, 0.3) is 0 Å². The maximum Gasteiger partial charge on any atom is 0.358 e. The summed E-state index contributed by atoms with van der Waals surface area (Å²) in [6, 6.07) is 0. The molecule has 0 atom stereocenters. The Morgan fingerprint density at radius 1 is 1.57 bits per heavy atom. The predicted octanol–water partition coefficient (Wildman–Crippen LogP) is 1.77. The molecule has 0 spiro atoms. The highest BCUT2D eigenvalue weighted by Crippen LogP contribution is 2.18. The summed E-state index contributed by atoms with van der Waals surface area (Å²) in [7, 11) is 3.77. The normalized spacial score (nSPS) is 10.4. The van der Waals surface area contributed by atoms with Gasteiger partial charge in [-0.05, 0) is 13.8 Å². The Hall–Kier alpha value is -1.10. The van der Waals surface area contributed by atoms with Gasteiger partial charge in [-0.1, -0.05) is 0 Å². The summed E-state index contributed by atoms with van der Waals surface area (Å²) in [5.41, 5.74) is 0.382. The first-order valence-corrected chi connectivity index (χ1v) is 5.22. The lowest BCUT2D eigenvalue weighted by atomic mass is 10.4. The van der Waals surface area contributed by atoms with Gasteiger partial charge in [0, 0.05) is 19.5 Å². The molecule has 14 heavy (non-hydrogen) atoms. The van der Waals surface area contributed by atoms with Gasteiger partial charge < -0.3 is 9.64 Å². The first kappa shape index (κ1) is 11.0. The molecule has 0 aromatic carbocycles. The lowest BCUT2D eigenvalue weighted by molar-refractivity contribution is 0.0372. The van der Waals surface area contributed by atoms with Gasteiger partial charge in [0.1, 0.15) is 0 Å². The van der Waals surface area contributed by atoms with Crippen LogP contribution in [0.5, 0.6) is 0 Å². The number of ether oxygens (including phenoxy) is 1. The molecule has 0 aliphatic carbocycles. The highest BCUT2D eigenvalue weighted by Gasteiger charge is 2.13. The van der Waals surface area contributed by atoms with E-state index in [-0.39, 0.29) is 12.1 Å². The first-order chi connectivity index (χ1) is 6.50. The molecular weight excluding hydrogens is 200 g/mol. The number of carbonyl (C=O) groups excluding carboxylic acids is 1. The van der Waals surface area contributed by atoms with Gasteiger partial charge in [-0.15, -0.1) is 11.3 Å². The van der Waals surface area contributed by atoms with Crippen LogP contribution in [0.1, 0.15) is 24.3 Å². The topological polar surface area (TPSA) is 42.4 Å². The molecule has 1 heterocycles. The maximum absolute atomic E-state index is 11.4. The van der Waals surface area contributed by atoms with Gasteiger partial charge >= 0.3 is 5.97 Å². The average Bonchev–Trinajstić information content (AvgIpc) is 2.50. The molecule has 5 heteroatoms. The van der Waals surface area contributed by atoms with E-state index >= 15 is 0 Å². The molecule has 78 valence electrons. The highest BCUT2D eigenvalue weighted by atomic mass is 32.1. The van der Waals surface area contributed by atoms with E-state index in [1.807, 2.05) is 32.8 Å². The van der Waals surface area contributed by atoms with Gasteiger partial charge in [0.05, 0.1) is 6.10 Å². The van der Waals surface area contributed by atoms with Crippen LogP contribution >= 0.6 is 11.3 Å². The third-order valence-electron chi connectivity index (χ3n) is 1.43. The van der Waals surface area contributed by atoms with Gasteiger partial charge in [0.25, 0.3) is 0 Å². The SMILES string of the molecule is CC(C)OC(=O)c1csc(N(C)C)n1. The molecule has 0 saturated carbocycles. The fourth-order valence-electron chi connectivity index (χ4n) is 0.838. The van der Waals surface area contributed by atoms with Crippen LogP contribution in [-0.2, 0) is 4.74 Å².